The fourth-order valence-electron chi connectivity index (χ4n) is 0. The fraction of sp³-hybridized carbons (Fsp3) is 1.00. The topological polar surface area (TPSA) is 33.0 Å². The summed E-state index contributed by atoms with van der Waals surface area (Å²) in [6, 6.07) is 0. The van der Waals surface area contributed by atoms with Crippen LogP contribution < -0.4 is 5.90 Å². The van der Waals surface area contributed by atoms with Crippen molar-refractivity contribution < 1.29 is 18.0 Å². The molecule has 2 nitrogen and oxygen atoms in total. The van der Waals surface area contributed by atoms with Crippen molar-refractivity contribution >= 4 is 0 Å². The molecule has 6 heavy (non-hydrogen) atoms. The van der Waals surface area contributed by atoms with Crippen LogP contribution in [0.15, 0.2) is 0 Å². The number of hydrogen-bond acceptors (Lipinski definition) is 1. The number of hydrogen-bond donors (Lipinski definition) is 0. The Kier molecular flexibility index (Phi) is 1.37. The fourth-order valence-corrected chi connectivity index (χ4v) is 0. The zero-order chi connectivity index (χ0) is 5.21. The molecule has 1 radical (unpaired) electrons. The van der Waals surface area contributed by atoms with E-state index in [4.69, 9.17) is 5.90 Å². The van der Waals surface area contributed by atoms with Gasteiger partial charge in [0.2, 0.25) is 0 Å². The monoisotopic (exact) mass is 100 g/mol. The lowest BCUT2D eigenvalue weighted by atomic mass is 11.4. The second-order valence-corrected chi connectivity index (χ2v) is 0.548. The Hall–Kier alpha value is -0.290. The first-order valence-corrected chi connectivity index (χ1v) is 0.975. The lowest BCUT2D eigenvalue weighted by Gasteiger charge is -1.94. The van der Waals surface area contributed by atoms with Crippen LogP contribution in [-0.4, -0.2) is 6.36 Å². The van der Waals surface area contributed by atoms with Gasteiger partial charge in [0, 0.05) is 0 Å². The molecular formula is CHF3NO. The molecule has 37 valence electrons. The molecule has 0 saturated heterocycles. The van der Waals surface area contributed by atoms with Crippen LogP contribution in [0.25, 0.3) is 0 Å². The van der Waals surface area contributed by atoms with Crippen LogP contribution in [0, 0.1) is 0 Å². The Morgan fingerprint density at radius 3 is 1.50 bits per heavy atom. The highest BCUT2D eigenvalue weighted by atomic mass is 19.4. The van der Waals surface area contributed by atoms with Gasteiger partial charge in [-0.1, -0.05) is 0 Å². The predicted octanol–water partition coefficient (Wildman–Crippen LogP) is 0.721. The first kappa shape index (κ1) is 5.71. The lowest BCUT2D eigenvalue weighted by Crippen LogP contribution is -2.10. The van der Waals surface area contributed by atoms with Gasteiger partial charge in [0.1, 0.15) is 0 Å². The van der Waals surface area contributed by atoms with Crippen LogP contribution in [0.2, 0.25) is 0 Å². The van der Waals surface area contributed by atoms with Crippen molar-refractivity contribution in [3.05, 3.63) is 0 Å². The molecule has 0 aliphatic carbocycles. The molecule has 0 heterocycles. The Morgan fingerprint density at radius 1 is 1.33 bits per heavy atom. The van der Waals surface area contributed by atoms with E-state index in [2.05, 4.69) is 4.84 Å². The van der Waals surface area contributed by atoms with Gasteiger partial charge in [-0.05, 0) is 0 Å². The third-order valence-electron chi connectivity index (χ3n) is 0.116. The van der Waals surface area contributed by atoms with E-state index < -0.39 is 6.36 Å². The standard InChI is InChI=1S/CHF3NO/c2-1(3,4)6-5/h5H. The van der Waals surface area contributed by atoms with Crippen LogP contribution in [0.4, 0.5) is 13.2 Å². The largest absolute Gasteiger partial charge is 0.540 e. The third kappa shape index (κ3) is 3.71. The van der Waals surface area contributed by atoms with Gasteiger partial charge in [-0.3, -0.25) is 0 Å². The SMILES string of the molecule is [NH]OC(F)(F)F. The molecule has 0 amide bonds. The molecule has 0 spiro atoms. The summed E-state index contributed by atoms with van der Waals surface area (Å²) in [7, 11) is 0. The van der Waals surface area contributed by atoms with Gasteiger partial charge in [-0.2, -0.15) is 4.84 Å². The van der Waals surface area contributed by atoms with E-state index >= 15 is 0 Å². The van der Waals surface area contributed by atoms with Gasteiger partial charge in [-0.15, -0.1) is 19.1 Å². The molecule has 0 aliphatic heterocycles. The van der Waals surface area contributed by atoms with E-state index in [-0.39, 0.29) is 0 Å². The van der Waals surface area contributed by atoms with Gasteiger partial charge >= 0.3 is 6.36 Å². The predicted molar refractivity (Wildman–Crippen MR) is 10.2 cm³/mol. The molecule has 0 fully saturated rings. The first-order valence-electron chi connectivity index (χ1n) is 0.975. The highest BCUT2D eigenvalue weighted by molar-refractivity contribution is 4.12. The molecule has 0 saturated carbocycles. The summed E-state index contributed by atoms with van der Waals surface area (Å²) in [5, 5.41) is 0. The lowest BCUT2D eigenvalue weighted by molar-refractivity contribution is -0.333. The smallest absolute Gasteiger partial charge is 0.186 e. The van der Waals surface area contributed by atoms with Crippen LogP contribution >= 0.6 is 0 Å². The highest BCUT2D eigenvalue weighted by Crippen LogP contribution is 2.12. The van der Waals surface area contributed by atoms with E-state index in [1.54, 1.807) is 0 Å². The normalized spacial score (nSPS) is 12.0. The summed E-state index contributed by atoms with van der Waals surface area (Å²) in [5.74, 6) is 5.23. The van der Waals surface area contributed by atoms with Crippen molar-refractivity contribution in [2.75, 3.05) is 0 Å². The van der Waals surface area contributed by atoms with Crippen molar-refractivity contribution in [2.45, 2.75) is 6.36 Å². The van der Waals surface area contributed by atoms with Crippen molar-refractivity contribution in [3.63, 3.8) is 0 Å². The van der Waals surface area contributed by atoms with Crippen molar-refractivity contribution in [3.8, 4) is 0 Å². The summed E-state index contributed by atoms with van der Waals surface area (Å²) in [6.07, 6.45) is -4.79. The summed E-state index contributed by atoms with van der Waals surface area (Å²) < 4.78 is 31.1. The number of nitrogens with one attached hydrogen (secondary N) is 1. The Morgan fingerprint density at radius 2 is 1.50 bits per heavy atom. The summed E-state index contributed by atoms with van der Waals surface area (Å²) >= 11 is 0. The van der Waals surface area contributed by atoms with Crippen molar-refractivity contribution in [1.82, 2.24) is 5.90 Å². The third-order valence-corrected chi connectivity index (χ3v) is 0.116. The molecule has 5 heteroatoms. The van der Waals surface area contributed by atoms with Crippen LogP contribution in [-0.2, 0) is 4.84 Å². The maximum atomic E-state index is 10.4. The van der Waals surface area contributed by atoms with Gasteiger partial charge in [0.25, 0.3) is 0 Å². The average Bonchev–Trinajstić information content (AvgIpc) is 1.35. The molecule has 0 aromatic heterocycles. The Balaban J connectivity index is 3.17. The van der Waals surface area contributed by atoms with E-state index in [1.165, 1.54) is 0 Å². The van der Waals surface area contributed by atoms with E-state index in [0.717, 1.165) is 0 Å². The van der Waals surface area contributed by atoms with Crippen LogP contribution in [0.5, 0.6) is 0 Å². The first-order chi connectivity index (χ1) is 2.56. The molecule has 0 rings (SSSR count). The quantitative estimate of drug-likeness (QED) is 0.413. The van der Waals surface area contributed by atoms with Gasteiger partial charge < -0.3 is 0 Å². The zero-order valence-corrected chi connectivity index (χ0v) is 2.54. The second kappa shape index (κ2) is 1.44. The number of alkyl halides is 3. The Labute approximate surface area is 31.6 Å². The van der Waals surface area contributed by atoms with E-state index in [0.29, 0.717) is 0 Å². The van der Waals surface area contributed by atoms with Crippen molar-refractivity contribution in [2.24, 2.45) is 0 Å². The molecular weight excluding hydrogens is 99.0 g/mol. The maximum absolute atomic E-state index is 10.4. The minimum absolute atomic E-state index is 2.19. The van der Waals surface area contributed by atoms with Gasteiger partial charge in [0.05, 0.1) is 0 Å². The number of halogens is 3. The minimum Gasteiger partial charge on any atom is -0.186 e. The number of rotatable bonds is 0. The van der Waals surface area contributed by atoms with E-state index in [1.807, 2.05) is 0 Å². The molecule has 0 aromatic carbocycles. The average molecular weight is 100 g/mol. The van der Waals surface area contributed by atoms with Gasteiger partial charge in [0.15, 0.2) is 0 Å². The second-order valence-electron chi connectivity index (χ2n) is 0.548. The molecule has 1 N–H and O–H groups in total. The molecule has 0 unspecified atom stereocenters. The summed E-state index contributed by atoms with van der Waals surface area (Å²) in [6.45, 7) is 0. The summed E-state index contributed by atoms with van der Waals surface area (Å²) in [5.41, 5.74) is 0. The minimum atomic E-state index is -4.79. The highest BCUT2D eigenvalue weighted by Gasteiger charge is 2.27. The summed E-state index contributed by atoms with van der Waals surface area (Å²) in [4.78, 5) is 2.19. The molecule has 0 atom stereocenters. The maximum Gasteiger partial charge on any atom is 0.540 e. The van der Waals surface area contributed by atoms with Crippen LogP contribution in [0.1, 0.15) is 0 Å². The van der Waals surface area contributed by atoms with E-state index in [9.17, 15) is 13.2 Å². The zero-order valence-electron chi connectivity index (χ0n) is 2.54. The van der Waals surface area contributed by atoms with Gasteiger partial charge in [-0.25, -0.2) is 0 Å². The van der Waals surface area contributed by atoms with Crippen molar-refractivity contribution in [1.29, 1.82) is 0 Å². The van der Waals surface area contributed by atoms with Crippen LogP contribution in [0.3, 0.4) is 0 Å². The Bertz CT molecular complexity index is 40.5. The molecule has 0 bridgehead atoms. The molecule has 0 aliphatic rings. The molecule has 0 aromatic rings.